The standard InChI is InChI=1S/C13H9ClF3NO2/c14-9-5-6-10(18-11(9)7-19)8-3-1-2-4-12(8)20-13(15,16)17/h1-6,19H,7H2. The average molecular weight is 304 g/mol. The van der Waals surface area contributed by atoms with Crippen molar-refractivity contribution in [1.29, 1.82) is 0 Å². The zero-order chi connectivity index (χ0) is 14.8. The van der Waals surface area contributed by atoms with Crippen molar-refractivity contribution in [3.05, 3.63) is 47.1 Å². The van der Waals surface area contributed by atoms with E-state index in [0.717, 1.165) is 0 Å². The summed E-state index contributed by atoms with van der Waals surface area (Å²) >= 11 is 5.80. The minimum absolute atomic E-state index is 0.163. The predicted octanol–water partition coefficient (Wildman–Crippen LogP) is 3.79. The van der Waals surface area contributed by atoms with E-state index in [1.54, 1.807) is 6.07 Å². The summed E-state index contributed by atoms with van der Waals surface area (Å²) in [4.78, 5) is 4.02. The Morgan fingerprint density at radius 1 is 1.15 bits per heavy atom. The van der Waals surface area contributed by atoms with Gasteiger partial charge in [-0.1, -0.05) is 23.7 Å². The summed E-state index contributed by atoms with van der Waals surface area (Å²) < 4.78 is 41.0. The molecular formula is C13H9ClF3NO2. The average Bonchev–Trinajstić information content (AvgIpc) is 2.38. The second-order valence-corrected chi connectivity index (χ2v) is 4.23. The Hall–Kier alpha value is -1.79. The minimum atomic E-state index is -4.79. The first-order chi connectivity index (χ1) is 9.40. The van der Waals surface area contributed by atoms with Crippen molar-refractivity contribution >= 4 is 11.6 Å². The fraction of sp³-hybridized carbons (Fsp3) is 0.154. The minimum Gasteiger partial charge on any atom is -0.405 e. The van der Waals surface area contributed by atoms with Crippen LogP contribution >= 0.6 is 11.6 Å². The second-order valence-electron chi connectivity index (χ2n) is 3.83. The summed E-state index contributed by atoms with van der Waals surface area (Å²) in [5, 5.41) is 9.33. The third kappa shape index (κ3) is 3.40. The maximum atomic E-state index is 12.3. The van der Waals surface area contributed by atoms with Crippen LogP contribution in [0.3, 0.4) is 0 Å². The molecule has 0 saturated carbocycles. The molecule has 0 aliphatic rings. The fourth-order valence-electron chi connectivity index (χ4n) is 1.64. The number of hydrogen-bond acceptors (Lipinski definition) is 3. The number of halogens is 4. The first-order valence-corrected chi connectivity index (χ1v) is 5.90. The van der Waals surface area contributed by atoms with Gasteiger partial charge in [-0.3, -0.25) is 0 Å². The Bertz CT molecular complexity index is 617. The molecule has 0 bridgehead atoms. The van der Waals surface area contributed by atoms with E-state index < -0.39 is 13.0 Å². The lowest BCUT2D eigenvalue weighted by Gasteiger charge is -2.13. The summed E-state index contributed by atoms with van der Waals surface area (Å²) in [5.74, 6) is -0.362. The van der Waals surface area contributed by atoms with E-state index in [1.165, 1.54) is 30.3 Å². The summed E-state index contributed by atoms with van der Waals surface area (Å²) in [5.41, 5.74) is 0.584. The monoisotopic (exact) mass is 303 g/mol. The number of ether oxygens (including phenoxy) is 1. The van der Waals surface area contributed by atoms with Crippen molar-refractivity contribution in [3.63, 3.8) is 0 Å². The Morgan fingerprint density at radius 2 is 1.85 bits per heavy atom. The Kier molecular flexibility index (Phi) is 4.15. The van der Waals surface area contributed by atoms with Gasteiger partial charge in [0, 0.05) is 5.56 Å². The van der Waals surface area contributed by atoms with Gasteiger partial charge in [0.2, 0.25) is 0 Å². The Morgan fingerprint density at radius 3 is 2.50 bits per heavy atom. The molecule has 3 nitrogen and oxygen atoms in total. The molecule has 1 aromatic carbocycles. The van der Waals surface area contributed by atoms with E-state index in [1.807, 2.05) is 0 Å². The van der Waals surface area contributed by atoms with Crippen LogP contribution in [-0.4, -0.2) is 16.5 Å². The van der Waals surface area contributed by atoms with Gasteiger partial charge in [0.05, 0.1) is 23.0 Å². The van der Waals surface area contributed by atoms with Crippen LogP contribution in [0, 0.1) is 0 Å². The van der Waals surface area contributed by atoms with Crippen molar-refractivity contribution in [2.24, 2.45) is 0 Å². The van der Waals surface area contributed by atoms with Gasteiger partial charge in [0.25, 0.3) is 0 Å². The highest BCUT2D eigenvalue weighted by atomic mass is 35.5. The van der Waals surface area contributed by atoms with Crippen LogP contribution in [0.4, 0.5) is 13.2 Å². The lowest BCUT2D eigenvalue weighted by atomic mass is 10.1. The van der Waals surface area contributed by atoms with Gasteiger partial charge >= 0.3 is 6.36 Å². The maximum absolute atomic E-state index is 12.3. The number of hydrogen-bond donors (Lipinski definition) is 1. The van der Waals surface area contributed by atoms with Crippen LogP contribution in [0.15, 0.2) is 36.4 Å². The van der Waals surface area contributed by atoms with Crippen molar-refractivity contribution in [2.45, 2.75) is 13.0 Å². The molecular weight excluding hydrogens is 295 g/mol. The van der Waals surface area contributed by atoms with Crippen molar-refractivity contribution in [3.8, 4) is 17.0 Å². The highest BCUT2D eigenvalue weighted by Crippen LogP contribution is 2.33. The molecule has 0 aliphatic carbocycles. The SMILES string of the molecule is OCc1nc(-c2ccccc2OC(F)(F)F)ccc1Cl. The number of alkyl halides is 3. The van der Waals surface area contributed by atoms with Crippen LogP contribution < -0.4 is 4.74 Å². The first-order valence-electron chi connectivity index (χ1n) is 5.52. The van der Waals surface area contributed by atoms with Gasteiger partial charge in [-0.05, 0) is 24.3 Å². The molecule has 20 heavy (non-hydrogen) atoms. The van der Waals surface area contributed by atoms with Crippen LogP contribution in [0.1, 0.15) is 5.69 Å². The van der Waals surface area contributed by atoms with E-state index in [-0.39, 0.29) is 27.7 Å². The van der Waals surface area contributed by atoms with Crippen molar-refractivity contribution in [1.82, 2.24) is 4.98 Å². The molecule has 7 heteroatoms. The number of aliphatic hydroxyl groups excluding tert-OH is 1. The lowest BCUT2D eigenvalue weighted by molar-refractivity contribution is -0.274. The molecule has 0 amide bonds. The van der Waals surface area contributed by atoms with Crippen LogP contribution in [0.5, 0.6) is 5.75 Å². The topological polar surface area (TPSA) is 42.4 Å². The van der Waals surface area contributed by atoms with E-state index in [0.29, 0.717) is 0 Å². The number of aliphatic hydroxyl groups is 1. The number of pyridine rings is 1. The second kappa shape index (κ2) is 5.68. The van der Waals surface area contributed by atoms with Crippen LogP contribution in [-0.2, 0) is 6.61 Å². The van der Waals surface area contributed by atoms with E-state index in [4.69, 9.17) is 16.7 Å². The third-order valence-corrected chi connectivity index (χ3v) is 2.80. The van der Waals surface area contributed by atoms with E-state index in [9.17, 15) is 13.2 Å². The quantitative estimate of drug-likeness (QED) is 0.938. The van der Waals surface area contributed by atoms with Crippen LogP contribution in [0.2, 0.25) is 5.02 Å². The molecule has 0 spiro atoms. The molecule has 0 saturated heterocycles. The number of aromatic nitrogens is 1. The van der Waals surface area contributed by atoms with Crippen molar-refractivity contribution < 1.29 is 23.0 Å². The molecule has 0 atom stereocenters. The molecule has 0 aliphatic heterocycles. The van der Waals surface area contributed by atoms with Gasteiger partial charge in [-0.25, -0.2) is 4.98 Å². The third-order valence-electron chi connectivity index (χ3n) is 2.46. The molecule has 0 fully saturated rings. The van der Waals surface area contributed by atoms with E-state index >= 15 is 0 Å². The smallest absolute Gasteiger partial charge is 0.405 e. The van der Waals surface area contributed by atoms with Crippen LogP contribution in [0.25, 0.3) is 11.3 Å². The lowest BCUT2D eigenvalue weighted by Crippen LogP contribution is -2.17. The number of rotatable bonds is 3. The molecule has 1 heterocycles. The zero-order valence-electron chi connectivity index (χ0n) is 9.99. The first kappa shape index (κ1) is 14.6. The molecule has 2 aromatic rings. The zero-order valence-corrected chi connectivity index (χ0v) is 10.7. The molecule has 1 aromatic heterocycles. The van der Waals surface area contributed by atoms with Gasteiger partial charge < -0.3 is 9.84 Å². The van der Waals surface area contributed by atoms with Crippen molar-refractivity contribution in [2.75, 3.05) is 0 Å². The van der Waals surface area contributed by atoms with Gasteiger partial charge in [-0.2, -0.15) is 0 Å². The Labute approximate surface area is 117 Å². The summed E-state index contributed by atoms with van der Waals surface area (Å²) in [6, 6.07) is 8.54. The number of para-hydroxylation sites is 1. The number of nitrogens with zero attached hydrogens (tertiary/aromatic N) is 1. The Balaban J connectivity index is 2.47. The van der Waals surface area contributed by atoms with Gasteiger partial charge in [0.15, 0.2) is 0 Å². The molecule has 2 rings (SSSR count). The van der Waals surface area contributed by atoms with Gasteiger partial charge in [-0.15, -0.1) is 13.2 Å². The molecule has 0 unspecified atom stereocenters. The number of benzene rings is 1. The molecule has 106 valence electrons. The van der Waals surface area contributed by atoms with E-state index in [2.05, 4.69) is 9.72 Å². The largest absolute Gasteiger partial charge is 0.573 e. The summed E-state index contributed by atoms with van der Waals surface area (Å²) in [6.45, 7) is -0.408. The fourth-order valence-corrected chi connectivity index (χ4v) is 1.80. The van der Waals surface area contributed by atoms with Gasteiger partial charge in [0.1, 0.15) is 5.75 Å². The predicted molar refractivity (Wildman–Crippen MR) is 67.3 cm³/mol. The summed E-state index contributed by atoms with van der Waals surface area (Å²) in [7, 11) is 0. The highest BCUT2D eigenvalue weighted by molar-refractivity contribution is 6.31. The normalized spacial score (nSPS) is 11.4. The summed E-state index contributed by atoms with van der Waals surface area (Å²) in [6.07, 6.45) is -4.79. The molecule has 0 radical (unpaired) electrons. The molecule has 1 N–H and O–H groups in total. The highest BCUT2D eigenvalue weighted by Gasteiger charge is 2.32. The maximum Gasteiger partial charge on any atom is 0.573 e.